The smallest absolute Gasteiger partial charge is 0.225 e. The van der Waals surface area contributed by atoms with Crippen molar-refractivity contribution in [2.45, 2.75) is 60.2 Å². The molecule has 0 saturated heterocycles. The molecule has 2 aromatic rings. The van der Waals surface area contributed by atoms with Gasteiger partial charge in [-0.25, -0.2) is 4.98 Å². The monoisotopic (exact) mass is 342 g/mol. The van der Waals surface area contributed by atoms with Gasteiger partial charge in [-0.05, 0) is 38.3 Å². The average molecular weight is 342 g/mol. The largest absolute Gasteiger partial charge is 0.334 e. The van der Waals surface area contributed by atoms with Crippen molar-refractivity contribution in [3.63, 3.8) is 0 Å². The van der Waals surface area contributed by atoms with Gasteiger partial charge < -0.3 is 15.2 Å². The van der Waals surface area contributed by atoms with Crippen LogP contribution in [0.4, 0.5) is 5.69 Å². The Morgan fingerprint density at radius 3 is 2.68 bits per heavy atom. The molecular formula is C20H30N4O. The number of rotatable bonds is 8. The molecule has 0 aliphatic heterocycles. The highest BCUT2D eigenvalue weighted by atomic mass is 16.1. The zero-order valence-corrected chi connectivity index (χ0v) is 16.0. The average Bonchev–Trinajstić information content (AvgIpc) is 2.94. The minimum atomic E-state index is 0.0254. The van der Waals surface area contributed by atoms with E-state index in [1.807, 2.05) is 45.3 Å². The van der Waals surface area contributed by atoms with Crippen LogP contribution in [-0.2, 0) is 17.9 Å². The Labute approximate surface area is 150 Å². The van der Waals surface area contributed by atoms with E-state index in [2.05, 4.69) is 40.1 Å². The minimum Gasteiger partial charge on any atom is -0.334 e. The van der Waals surface area contributed by atoms with Crippen molar-refractivity contribution in [2.75, 3.05) is 5.32 Å². The van der Waals surface area contributed by atoms with Gasteiger partial charge in [-0.3, -0.25) is 4.79 Å². The first-order valence-corrected chi connectivity index (χ1v) is 8.95. The summed E-state index contributed by atoms with van der Waals surface area (Å²) in [5.41, 5.74) is 3.17. The predicted octanol–water partition coefficient (Wildman–Crippen LogP) is 3.66. The van der Waals surface area contributed by atoms with Crippen molar-refractivity contribution in [1.82, 2.24) is 14.9 Å². The quantitative estimate of drug-likeness (QED) is 0.770. The molecule has 0 spiro atoms. The third kappa shape index (κ3) is 6.02. The second-order valence-corrected chi connectivity index (χ2v) is 7.24. The summed E-state index contributed by atoms with van der Waals surface area (Å²) in [5.74, 6) is 1.61. The van der Waals surface area contributed by atoms with E-state index in [-0.39, 0.29) is 11.9 Å². The number of aryl methyl sites for hydroxylation is 2. The summed E-state index contributed by atoms with van der Waals surface area (Å²) in [6, 6.07) is 6.13. The summed E-state index contributed by atoms with van der Waals surface area (Å²) in [6.45, 7) is 12.1. The number of hydrogen-bond acceptors (Lipinski definition) is 3. The van der Waals surface area contributed by atoms with Crippen LogP contribution in [0.2, 0.25) is 0 Å². The number of hydrogen-bond donors (Lipinski definition) is 2. The Kier molecular flexibility index (Phi) is 6.76. The zero-order chi connectivity index (χ0) is 18.4. The highest BCUT2D eigenvalue weighted by Crippen LogP contribution is 2.16. The number of nitrogens with one attached hydrogen (secondary N) is 2. The normalized spacial score (nSPS) is 12.4. The highest BCUT2D eigenvalue weighted by Gasteiger charge is 2.12. The summed E-state index contributed by atoms with van der Waals surface area (Å²) in [6.07, 6.45) is 4.27. The predicted molar refractivity (Wildman–Crippen MR) is 103 cm³/mol. The minimum absolute atomic E-state index is 0.0254. The molecule has 0 aliphatic carbocycles. The van der Waals surface area contributed by atoms with Crippen LogP contribution in [0.5, 0.6) is 0 Å². The lowest BCUT2D eigenvalue weighted by Crippen LogP contribution is -2.31. The molecule has 1 amide bonds. The third-order valence-corrected chi connectivity index (χ3v) is 4.12. The molecule has 25 heavy (non-hydrogen) atoms. The van der Waals surface area contributed by atoms with Crippen molar-refractivity contribution in [1.29, 1.82) is 0 Å². The number of carbonyl (C=O) groups excluding carboxylic acids is 1. The van der Waals surface area contributed by atoms with Crippen LogP contribution >= 0.6 is 0 Å². The maximum atomic E-state index is 12.3. The Morgan fingerprint density at radius 1 is 1.24 bits per heavy atom. The summed E-state index contributed by atoms with van der Waals surface area (Å²) in [7, 11) is 0. The zero-order valence-electron chi connectivity index (χ0n) is 16.0. The van der Waals surface area contributed by atoms with Gasteiger partial charge in [0.1, 0.15) is 5.82 Å². The van der Waals surface area contributed by atoms with Crippen LogP contribution in [0.1, 0.15) is 44.1 Å². The van der Waals surface area contributed by atoms with Gasteiger partial charge in [-0.15, -0.1) is 0 Å². The van der Waals surface area contributed by atoms with E-state index in [9.17, 15) is 4.79 Å². The maximum absolute atomic E-state index is 12.3. The SMILES string of the molecule is Cc1ccc(NC(=O)C[C@@H](C)NCc2nccn2CC(C)C)c(C)c1. The van der Waals surface area contributed by atoms with Gasteiger partial charge >= 0.3 is 0 Å². The second-order valence-electron chi connectivity index (χ2n) is 7.24. The van der Waals surface area contributed by atoms with Gasteiger partial charge in [0.15, 0.2) is 0 Å². The summed E-state index contributed by atoms with van der Waals surface area (Å²) in [4.78, 5) is 16.7. The van der Waals surface area contributed by atoms with Gasteiger partial charge in [0.25, 0.3) is 0 Å². The number of carbonyl (C=O) groups is 1. The number of amides is 1. The first-order chi connectivity index (χ1) is 11.8. The number of aromatic nitrogens is 2. The standard InChI is InChI=1S/C20H30N4O/c1-14(2)13-24-9-8-21-19(24)12-22-17(5)11-20(25)23-18-7-6-15(3)10-16(18)4/h6-10,14,17,22H,11-13H2,1-5H3,(H,23,25)/t17-/m1/s1. The van der Waals surface area contributed by atoms with Crippen molar-refractivity contribution >= 4 is 11.6 Å². The van der Waals surface area contributed by atoms with E-state index in [4.69, 9.17) is 0 Å². The Hall–Kier alpha value is -2.14. The Bertz CT molecular complexity index is 705. The van der Waals surface area contributed by atoms with Crippen molar-refractivity contribution in [3.05, 3.63) is 47.5 Å². The fourth-order valence-corrected chi connectivity index (χ4v) is 2.84. The number of imidazole rings is 1. The molecule has 1 aromatic carbocycles. The van der Waals surface area contributed by atoms with Crippen molar-refractivity contribution < 1.29 is 4.79 Å². The fraction of sp³-hybridized carbons (Fsp3) is 0.500. The number of anilines is 1. The van der Waals surface area contributed by atoms with Crippen LogP contribution in [0.3, 0.4) is 0 Å². The van der Waals surface area contributed by atoms with Gasteiger partial charge in [-0.2, -0.15) is 0 Å². The van der Waals surface area contributed by atoms with Crippen molar-refractivity contribution in [2.24, 2.45) is 5.92 Å². The summed E-state index contributed by atoms with van der Waals surface area (Å²) in [5, 5.41) is 6.39. The van der Waals surface area contributed by atoms with Gasteiger partial charge in [-0.1, -0.05) is 31.5 Å². The molecule has 0 bridgehead atoms. The van der Waals surface area contributed by atoms with E-state index < -0.39 is 0 Å². The van der Waals surface area contributed by atoms with Crippen LogP contribution in [-0.4, -0.2) is 21.5 Å². The molecule has 0 fully saturated rings. The highest BCUT2D eigenvalue weighted by molar-refractivity contribution is 5.91. The molecular weight excluding hydrogens is 312 g/mol. The molecule has 1 heterocycles. The summed E-state index contributed by atoms with van der Waals surface area (Å²) < 4.78 is 2.17. The van der Waals surface area contributed by atoms with E-state index in [0.717, 1.165) is 23.6 Å². The molecule has 5 heteroatoms. The third-order valence-electron chi connectivity index (χ3n) is 4.12. The second kappa shape index (κ2) is 8.81. The molecule has 0 unspecified atom stereocenters. The molecule has 0 radical (unpaired) electrons. The van der Waals surface area contributed by atoms with E-state index in [0.29, 0.717) is 18.9 Å². The van der Waals surface area contributed by atoms with Crippen LogP contribution < -0.4 is 10.6 Å². The fourth-order valence-electron chi connectivity index (χ4n) is 2.84. The molecule has 1 atom stereocenters. The lowest BCUT2D eigenvalue weighted by atomic mass is 10.1. The molecule has 0 aliphatic rings. The topological polar surface area (TPSA) is 59.0 Å². The number of benzene rings is 1. The molecule has 136 valence electrons. The number of nitrogens with zero attached hydrogens (tertiary/aromatic N) is 2. The lowest BCUT2D eigenvalue weighted by molar-refractivity contribution is -0.116. The first-order valence-electron chi connectivity index (χ1n) is 8.95. The maximum Gasteiger partial charge on any atom is 0.225 e. The first kappa shape index (κ1) is 19.2. The molecule has 0 saturated carbocycles. The van der Waals surface area contributed by atoms with E-state index in [1.54, 1.807) is 0 Å². The summed E-state index contributed by atoms with van der Waals surface area (Å²) >= 11 is 0. The van der Waals surface area contributed by atoms with Gasteiger partial charge in [0, 0.05) is 37.1 Å². The van der Waals surface area contributed by atoms with Crippen LogP contribution in [0.25, 0.3) is 0 Å². The van der Waals surface area contributed by atoms with Gasteiger partial charge in [0.05, 0.1) is 6.54 Å². The molecule has 2 rings (SSSR count). The van der Waals surface area contributed by atoms with Crippen LogP contribution in [0.15, 0.2) is 30.6 Å². The molecule has 5 nitrogen and oxygen atoms in total. The molecule has 2 N–H and O–H groups in total. The van der Waals surface area contributed by atoms with E-state index in [1.165, 1.54) is 5.56 Å². The lowest BCUT2D eigenvalue weighted by Gasteiger charge is -2.16. The Morgan fingerprint density at radius 2 is 2.00 bits per heavy atom. The van der Waals surface area contributed by atoms with E-state index >= 15 is 0 Å². The van der Waals surface area contributed by atoms with Crippen LogP contribution in [0, 0.1) is 19.8 Å². The molecule has 1 aromatic heterocycles. The van der Waals surface area contributed by atoms with Crippen molar-refractivity contribution in [3.8, 4) is 0 Å². The Balaban J connectivity index is 1.82. The van der Waals surface area contributed by atoms with Gasteiger partial charge in [0.2, 0.25) is 5.91 Å².